The van der Waals surface area contributed by atoms with Crippen molar-refractivity contribution >= 4 is 14.5 Å². The number of benzene rings is 1. The highest BCUT2D eigenvalue weighted by molar-refractivity contribution is 7.27. The second kappa shape index (κ2) is 4.32. The van der Waals surface area contributed by atoms with E-state index in [0.717, 1.165) is 11.1 Å². The Bertz CT molecular complexity index is 225. The molecule has 1 unspecified atom stereocenters. The van der Waals surface area contributed by atoms with Gasteiger partial charge in [0.25, 0.3) is 0 Å². The van der Waals surface area contributed by atoms with Crippen molar-refractivity contribution in [2.24, 2.45) is 0 Å². The lowest BCUT2D eigenvalue weighted by Crippen LogP contribution is -2.04. The Morgan fingerprint density at radius 2 is 2.09 bits per heavy atom. The van der Waals surface area contributed by atoms with Gasteiger partial charge in [0, 0.05) is 12.4 Å². The predicted molar refractivity (Wildman–Crippen MR) is 48.3 cm³/mol. The Balaban J connectivity index is 2.62. The van der Waals surface area contributed by atoms with Gasteiger partial charge in [-0.15, -0.1) is 9.24 Å². The van der Waals surface area contributed by atoms with E-state index in [1.807, 2.05) is 24.3 Å². The van der Waals surface area contributed by atoms with Gasteiger partial charge >= 0.3 is 0 Å². The van der Waals surface area contributed by atoms with E-state index in [1.54, 1.807) is 7.11 Å². The number of methoxy groups -OCH3 is 1. The summed E-state index contributed by atoms with van der Waals surface area (Å²) in [7, 11) is 4.20. The van der Waals surface area contributed by atoms with Crippen LogP contribution < -0.4 is 10.0 Å². The van der Waals surface area contributed by atoms with Crippen molar-refractivity contribution < 1.29 is 9.47 Å². The molecule has 60 valence electrons. The van der Waals surface area contributed by atoms with Gasteiger partial charge in [-0.2, -0.15) is 0 Å². The van der Waals surface area contributed by atoms with Crippen molar-refractivity contribution in [3.63, 3.8) is 0 Å². The van der Waals surface area contributed by atoms with Crippen LogP contribution >= 0.6 is 9.24 Å². The molecule has 0 aliphatic carbocycles. The van der Waals surface area contributed by atoms with Gasteiger partial charge in [0.1, 0.15) is 5.75 Å². The SMILES string of the molecule is COCOc1ccccc1P. The lowest BCUT2D eigenvalue weighted by atomic mass is 10.3. The van der Waals surface area contributed by atoms with Gasteiger partial charge in [-0.25, -0.2) is 0 Å². The van der Waals surface area contributed by atoms with Gasteiger partial charge in [0.2, 0.25) is 0 Å². The van der Waals surface area contributed by atoms with Crippen LogP contribution in [0.15, 0.2) is 24.3 Å². The van der Waals surface area contributed by atoms with Crippen LogP contribution in [0.1, 0.15) is 0 Å². The Kier molecular flexibility index (Phi) is 3.34. The minimum Gasteiger partial charge on any atom is -0.467 e. The molecule has 0 saturated carbocycles. The van der Waals surface area contributed by atoms with E-state index in [9.17, 15) is 0 Å². The Morgan fingerprint density at radius 3 is 2.73 bits per heavy atom. The first-order valence-corrected chi connectivity index (χ1v) is 3.88. The summed E-state index contributed by atoms with van der Waals surface area (Å²) in [4.78, 5) is 0. The first-order chi connectivity index (χ1) is 5.34. The fourth-order valence-electron chi connectivity index (χ4n) is 0.734. The van der Waals surface area contributed by atoms with Gasteiger partial charge in [-0.1, -0.05) is 18.2 Å². The standard InChI is InChI=1S/C8H11O2P/c1-9-6-10-7-4-2-3-5-8(7)11/h2-5H,6,11H2,1H3. The molecule has 0 aliphatic heterocycles. The predicted octanol–water partition coefficient (Wildman–Crippen LogP) is 1.17. The Labute approximate surface area is 68.7 Å². The smallest absolute Gasteiger partial charge is 0.188 e. The van der Waals surface area contributed by atoms with Crippen LogP contribution in [0.2, 0.25) is 0 Å². The van der Waals surface area contributed by atoms with E-state index >= 15 is 0 Å². The summed E-state index contributed by atoms with van der Waals surface area (Å²) in [5.41, 5.74) is 0. The monoisotopic (exact) mass is 170 g/mol. The zero-order valence-corrected chi connectivity index (χ0v) is 7.57. The number of para-hydroxylation sites is 1. The normalized spacial score (nSPS) is 9.64. The number of hydrogen-bond acceptors (Lipinski definition) is 2. The summed E-state index contributed by atoms with van der Waals surface area (Å²) >= 11 is 0. The molecule has 0 saturated heterocycles. The molecule has 0 heterocycles. The maximum absolute atomic E-state index is 5.24. The third-order valence-electron chi connectivity index (χ3n) is 1.25. The molecule has 0 radical (unpaired) electrons. The van der Waals surface area contributed by atoms with Crippen LogP contribution in [-0.4, -0.2) is 13.9 Å². The molecular formula is C8H11O2P. The second-order valence-electron chi connectivity index (χ2n) is 2.09. The molecule has 2 nitrogen and oxygen atoms in total. The fourth-order valence-corrected chi connectivity index (χ4v) is 1.03. The van der Waals surface area contributed by atoms with Gasteiger partial charge in [-0.05, 0) is 6.07 Å². The summed E-state index contributed by atoms with van der Waals surface area (Å²) < 4.78 is 10.0. The second-order valence-corrected chi connectivity index (χ2v) is 2.71. The molecule has 0 aliphatic rings. The first-order valence-electron chi connectivity index (χ1n) is 3.31. The molecule has 1 rings (SSSR count). The number of ether oxygens (including phenoxy) is 2. The zero-order valence-electron chi connectivity index (χ0n) is 6.41. The number of hydrogen-bond donors (Lipinski definition) is 0. The quantitative estimate of drug-likeness (QED) is 0.500. The topological polar surface area (TPSA) is 18.5 Å². The van der Waals surface area contributed by atoms with Crippen molar-refractivity contribution in [3.05, 3.63) is 24.3 Å². The van der Waals surface area contributed by atoms with Gasteiger partial charge in [-0.3, -0.25) is 0 Å². The van der Waals surface area contributed by atoms with E-state index in [0.29, 0.717) is 6.79 Å². The third-order valence-corrected chi connectivity index (χ3v) is 1.73. The van der Waals surface area contributed by atoms with Crippen LogP contribution in [0.3, 0.4) is 0 Å². The van der Waals surface area contributed by atoms with Gasteiger partial charge in [0.05, 0.1) is 0 Å². The van der Waals surface area contributed by atoms with E-state index in [2.05, 4.69) is 9.24 Å². The van der Waals surface area contributed by atoms with Crippen molar-refractivity contribution in [2.75, 3.05) is 13.9 Å². The van der Waals surface area contributed by atoms with Crippen LogP contribution in [0.4, 0.5) is 0 Å². The summed E-state index contributed by atoms with van der Waals surface area (Å²) in [6, 6.07) is 7.76. The summed E-state index contributed by atoms with van der Waals surface area (Å²) in [6.45, 7) is 0.297. The van der Waals surface area contributed by atoms with E-state index in [1.165, 1.54) is 0 Å². The summed E-state index contributed by atoms with van der Waals surface area (Å²) in [5, 5.41) is 1.05. The van der Waals surface area contributed by atoms with Crippen LogP contribution in [0.25, 0.3) is 0 Å². The Hall–Kier alpha value is -0.590. The summed E-state index contributed by atoms with van der Waals surface area (Å²) in [5.74, 6) is 0.847. The third kappa shape index (κ3) is 2.49. The molecule has 1 aromatic carbocycles. The highest BCUT2D eigenvalue weighted by Gasteiger charge is 1.94. The lowest BCUT2D eigenvalue weighted by Gasteiger charge is -2.05. The Morgan fingerprint density at radius 1 is 1.36 bits per heavy atom. The van der Waals surface area contributed by atoms with Crippen molar-refractivity contribution in [2.45, 2.75) is 0 Å². The van der Waals surface area contributed by atoms with Crippen LogP contribution in [0, 0.1) is 0 Å². The first kappa shape index (κ1) is 8.51. The molecule has 0 bridgehead atoms. The van der Waals surface area contributed by atoms with E-state index in [-0.39, 0.29) is 0 Å². The molecule has 0 N–H and O–H groups in total. The van der Waals surface area contributed by atoms with E-state index < -0.39 is 0 Å². The molecular weight excluding hydrogens is 159 g/mol. The maximum Gasteiger partial charge on any atom is 0.188 e. The largest absolute Gasteiger partial charge is 0.467 e. The minimum absolute atomic E-state index is 0.297. The van der Waals surface area contributed by atoms with Crippen molar-refractivity contribution in [1.82, 2.24) is 0 Å². The fraction of sp³-hybridized carbons (Fsp3) is 0.250. The van der Waals surface area contributed by atoms with Crippen LogP contribution in [0.5, 0.6) is 5.75 Å². The minimum atomic E-state index is 0.297. The van der Waals surface area contributed by atoms with E-state index in [4.69, 9.17) is 9.47 Å². The highest BCUT2D eigenvalue weighted by atomic mass is 31.0. The number of rotatable bonds is 3. The van der Waals surface area contributed by atoms with Gasteiger partial charge < -0.3 is 9.47 Å². The maximum atomic E-state index is 5.24. The lowest BCUT2D eigenvalue weighted by molar-refractivity contribution is 0.0519. The zero-order chi connectivity index (χ0) is 8.10. The van der Waals surface area contributed by atoms with Crippen LogP contribution in [-0.2, 0) is 4.74 Å². The van der Waals surface area contributed by atoms with Crippen molar-refractivity contribution in [1.29, 1.82) is 0 Å². The molecule has 1 aromatic rings. The summed E-state index contributed by atoms with van der Waals surface area (Å²) in [6.07, 6.45) is 0. The molecule has 3 heteroatoms. The molecule has 1 atom stereocenters. The highest BCUT2D eigenvalue weighted by Crippen LogP contribution is 2.09. The molecule has 11 heavy (non-hydrogen) atoms. The van der Waals surface area contributed by atoms with Gasteiger partial charge in [0.15, 0.2) is 6.79 Å². The average Bonchev–Trinajstić information content (AvgIpc) is 2.03. The van der Waals surface area contributed by atoms with Crippen molar-refractivity contribution in [3.8, 4) is 5.75 Å². The molecule has 0 aromatic heterocycles. The average molecular weight is 170 g/mol. The molecule has 0 spiro atoms. The molecule has 0 amide bonds. The molecule has 0 fully saturated rings.